The molecular weight excluding hydrogens is 212 g/mol. The molecule has 98 valence electrons. The Hall–Kier alpha value is -0.570. The molecule has 1 saturated heterocycles. The second kappa shape index (κ2) is 6.39. The first-order valence-corrected chi connectivity index (χ1v) is 7.24. The maximum absolute atomic E-state index is 11.8. The normalized spacial score (nSPS) is 33.6. The minimum Gasteiger partial charge on any atom is -0.356 e. The van der Waals surface area contributed by atoms with Crippen LogP contribution in [0.2, 0.25) is 0 Å². The molecule has 2 N–H and O–H groups in total. The molecule has 2 aliphatic rings. The molecule has 0 radical (unpaired) electrons. The van der Waals surface area contributed by atoms with Gasteiger partial charge in [0.15, 0.2) is 0 Å². The number of rotatable bonds is 4. The molecule has 0 aromatic rings. The minimum absolute atomic E-state index is 0.223. The van der Waals surface area contributed by atoms with Crippen molar-refractivity contribution in [3.63, 3.8) is 0 Å². The Morgan fingerprint density at radius 1 is 1.24 bits per heavy atom. The topological polar surface area (TPSA) is 41.1 Å². The smallest absolute Gasteiger partial charge is 0.224 e. The summed E-state index contributed by atoms with van der Waals surface area (Å²) in [6.45, 7) is 5.10. The highest BCUT2D eigenvalue weighted by Crippen LogP contribution is 2.29. The third-order valence-electron chi connectivity index (χ3n) is 4.42. The van der Waals surface area contributed by atoms with E-state index >= 15 is 0 Å². The van der Waals surface area contributed by atoms with Crippen molar-refractivity contribution in [2.75, 3.05) is 19.6 Å². The first-order chi connectivity index (χ1) is 8.25. The molecule has 17 heavy (non-hydrogen) atoms. The maximum atomic E-state index is 11.8. The summed E-state index contributed by atoms with van der Waals surface area (Å²) < 4.78 is 0. The van der Waals surface area contributed by atoms with Crippen molar-refractivity contribution in [1.29, 1.82) is 0 Å². The summed E-state index contributed by atoms with van der Waals surface area (Å²) in [5.41, 5.74) is 0. The lowest BCUT2D eigenvalue weighted by Crippen LogP contribution is -2.33. The van der Waals surface area contributed by atoms with E-state index in [1.165, 1.54) is 32.1 Å². The number of nitrogens with one attached hydrogen (secondary N) is 2. The van der Waals surface area contributed by atoms with Gasteiger partial charge in [-0.1, -0.05) is 32.6 Å². The zero-order valence-corrected chi connectivity index (χ0v) is 11.0. The van der Waals surface area contributed by atoms with E-state index in [4.69, 9.17) is 0 Å². The maximum Gasteiger partial charge on any atom is 0.224 e. The molecule has 1 amide bonds. The average molecular weight is 238 g/mol. The molecule has 3 heteroatoms. The first kappa shape index (κ1) is 12.9. The van der Waals surface area contributed by atoms with Crippen molar-refractivity contribution >= 4 is 5.91 Å². The minimum atomic E-state index is 0.223. The number of hydrogen-bond donors (Lipinski definition) is 2. The zero-order chi connectivity index (χ0) is 12.1. The van der Waals surface area contributed by atoms with Crippen molar-refractivity contribution in [2.45, 2.75) is 45.4 Å². The zero-order valence-electron chi connectivity index (χ0n) is 11.0. The van der Waals surface area contributed by atoms with Gasteiger partial charge in [0.2, 0.25) is 5.91 Å². The Morgan fingerprint density at radius 2 is 2.00 bits per heavy atom. The monoisotopic (exact) mass is 238 g/mol. The van der Waals surface area contributed by atoms with Crippen LogP contribution in [0.3, 0.4) is 0 Å². The van der Waals surface area contributed by atoms with Gasteiger partial charge in [0.25, 0.3) is 0 Å². The van der Waals surface area contributed by atoms with Gasteiger partial charge in [0.05, 0.1) is 5.92 Å². The van der Waals surface area contributed by atoms with Crippen LogP contribution >= 0.6 is 0 Å². The van der Waals surface area contributed by atoms with Gasteiger partial charge in [0.1, 0.15) is 0 Å². The summed E-state index contributed by atoms with van der Waals surface area (Å²) in [6.07, 6.45) is 7.67. The molecule has 1 heterocycles. The molecule has 1 saturated carbocycles. The van der Waals surface area contributed by atoms with E-state index < -0.39 is 0 Å². The van der Waals surface area contributed by atoms with Crippen LogP contribution in [0.1, 0.15) is 45.4 Å². The van der Waals surface area contributed by atoms with Crippen LogP contribution in [0.4, 0.5) is 0 Å². The van der Waals surface area contributed by atoms with E-state index in [0.717, 1.165) is 37.9 Å². The molecule has 0 aromatic carbocycles. The van der Waals surface area contributed by atoms with Crippen LogP contribution in [0, 0.1) is 17.8 Å². The molecule has 3 nitrogen and oxygen atoms in total. The molecule has 0 spiro atoms. The molecule has 0 aromatic heterocycles. The van der Waals surface area contributed by atoms with Crippen LogP contribution in [-0.2, 0) is 4.79 Å². The average Bonchev–Trinajstić information content (AvgIpc) is 2.85. The fourth-order valence-electron chi connectivity index (χ4n) is 3.04. The first-order valence-electron chi connectivity index (χ1n) is 7.24. The van der Waals surface area contributed by atoms with Crippen molar-refractivity contribution < 1.29 is 4.79 Å². The second-order valence-electron chi connectivity index (χ2n) is 5.90. The highest BCUT2D eigenvalue weighted by Gasteiger charge is 2.22. The molecule has 1 atom stereocenters. The van der Waals surface area contributed by atoms with Gasteiger partial charge in [-0.2, -0.15) is 0 Å². The lowest BCUT2D eigenvalue weighted by Gasteiger charge is -2.26. The van der Waals surface area contributed by atoms with Gasteiger partial charge in [-0.25, -0.2) is 0 Å². The van der Waals surface area contributed by atoms with Gasteiger partial charge in [-0.15, -0.1) is 0 Å². The predicted octanol–water partition coefficient (Wildman–Crippen LogP) is 1.93. The molecular formula is C14H26N2O. The quantitative estimate of drug-likeness (QED) is 0.786. The summed E-state index contributed by atoms with van der Waals surface area (Å²) in [5, 5.41) is 6.34. The van der Waals surface area contributed by atoms with Gasteiger partial charge < -0.3 is 10.6 Å². The lowest BCUT2D eigenvalue weighted by atomic mass is 9.81. The fraction of sp³-hybridized carbons (Fsp3) is 0.929. The second-order valence-corrected chi connectivity index (χ2v) is 5.90. The van der Waals surface area contributed by atoms with Crippen molar-refractivity contribution in [3.8, 4) is 0 Å². The van der Waals surface area contributed by atoms with Gasteiger partial charge in [-0.05, 0) is 31.2 Å². The van der Waals surface area contributed by atoms with E-state index in [-0.39, 0.29) is 11.8 Å². The SMILES string of the molecule is CC1CCC(CCNC(=O)C2CCNC2)CC1. The Kier molecular flexibility index (Phi) is 4.84. The lowest BCUT2D eigenvalue weighted by molar-refractivity contribution is -0.124. The van der Waals surface area contributed by atoms with Crippen LogP contribution < -0.4 is 10.6 Å². The summed E-state index contributed by atoms with van der Waals surface area (Å²) >= 11 is 0. The molecule has 0 bridgehead atoms. The molecule has 1 aliphatic heterocycles. The van der Waals surface area contributed by atoms with Crippen LogP contribution in [-0.4, -0.2) is 25.5 Å². The van der Waals surface area contributed by atoms with E-state index in [1.807, 2.05) is 0 Å². The van der Waals surface area contributed by atoms with E-state index in [2.05, 4.69) is 17.6 Å². The summed E-state index contributed by atoms with van der Waals surface area (Å²) in [5.74, 6) is 2.26. The summed E-state index contributed by atoms with van der Waals surface area (Å²) in [6, 6.07) is 0. The van der Waals surface area contributed by atoms with Crippen molar-refractivity contribution in [1.82, 2.24) is 10.6 Å². The van der Waals surface area contributed by atoms with Crippen LogP contribution in [0.5, 0.6) is 0 Å². The Labute approximate surface area is 105 Å². The largest absolute Gasteiger partial charge is 0.356 e. The van der Waals surface area contributed by atoms with Gasteiger partial charge in [0, 0.05) is 13.1 Å². The standard InChI is InChI=1S/C14H26N2O/c1-11-2-4-12(5-3-11)6-9-16-14(17)13-7-8-15-10-13/h11-13,15H,2-10H2,1H3,(H,16,17). The van der Waals surface area contributed by atoms with E-state index in [1.54, 1.807) is 0 Å². The Morgan fingerprint density at radius 3 is 2.65 bits per heavy atom. The van der Waals surface area contributed by atoms with Crippen LogP contribution in [0.15, 0.2) is 0 Å². The number of hydrogen-bond acceptors (Lipinski definition) is 2. The Balaban J connectivity index is 1.57. The van der Waals surface area contributed by atoms with Gasteiger partial charge >= 0.3 is 0 Å². The van der Waals surface area contributed by atoms with E-state index in [0.29, 0.717) is 0 Å². The third-order valence-corrected chi connectivity index (χ3v) is 4.42. The van der Waals surface area contributed by atoms with Crippen LogP contribution in [0.25, 0.3) is 0 Å². The predicted molar refractivity (Wildman–Crippen MR) is 69.7 cm³/mol. The Bertz CT molecular complexity index is 241. The molecule has 1 aliphatic carbocycles. The van der Waals surface area contributed by atoms with Gasteiger partial charge in [-0.3, -0.25) is 4.79 Å². The highest BCUT2D eigenvalue weighted by molar-refractivity contribution is 5.79. The van der Waals surface area contributed by atoms with E-state index in [9.17, 15) is 4.79 Å². The number of carbonyl (C=O) groups is 1. The molecule has 1 unspecified atom stereocenters. The van der Waals surface area contributed by atoms with Crippen molar-refractivity contribution in [2.24, 2.45) is 17.8 Å². The fourth-order valence-corrected chi connectivity index (χ4v) is 3.04. The number of amides is 1. The summed E-state index contributed by atoms with van der Waals surface area (Å²) in [4.78, 5) is 11.8. The summed E-state index contributed by atoms with van der Waals surface area (Å²) in [7, 11) is 0. The molecule has 2 rings (SSSR count). The molecule has 2 fully saturated rings. The number of carbonyl (C=O) groups excluding carboxylic acids is 1. The van der Waals surface area contributed by atoms with Crippen molar-refractivity contribution in [3.05, 3.63) is 0 Å². The third kappa shape index (κ3) is 3.98. The highest BCUT2D eigenvalue weighted by atomic mass is 16.1.